The zero-order valence-corrected chi connectivity index (χ0v) is 30.6. The molecule has 46 heavy (non-hydrogen) atoms. The molecule has 0 rings (SSSR count). The Morgan fingerprint density at radius 2 is 0.913 bits per heavy atom. The third-order valence-electron chi connectivity index (χ3n) is 8.28. The van der Waals surface area contributed by atoms with Crippen LogP contribution in [0.4, 0.5) is 0 Å². The summed E-state index contributed by atoms with van der Waals surface area (Å²) in [6.45, 7) is 3.67. The average Bonchev–Trinajstić information content (AvgIpc) is 3.02. The fourth-order valence-corrected chi connectivity index (χ4v) is 5.79. The molecule has 272 valence electrons. The number of ether oxygens (including phenoxy) is 2. The molecule has 0 heterocycles. The van der Waals surface area contributed by atoms with Gasteiger partial charge in [0.15, 0.2) is 6.10 Å². The number of carbonyl (C=O) groups excluding carboxylic acids is 2. The van der Waals surface area contributed by atoms with Gasteiger partial charge in [0.25, 0.3) is 0 Å². The lowest BCUT2D eigenvalue weighted by atomic mass is 10.0. The Kier molecular flexibility index (Phi) is 32.8. The number of carbonyl (C=O) groups is 2. The monoisotopic (exact) mass is 674 g/mol. The predicted molar refractivity (Wildman–Crippen MR) is 189 cm³/mol. The Morgan fingerprint density at radius 1 is 0.543 bits per heavy atom. The van der Waals surface area contributed by atoms with Crippen molar-refractivity contribution >= 4 is 19.8 Å². The fourth-order valence-electron chi connectivity index (χ4n) is 5.43. The van der Waals surface area contributed by atoms with Gasteiger partial charge in [0.05, 0.1) is 6.61 Å². The van der Waals surface area contributed by atoms with Crippen LogP contribution in [0.2, 0.25) is 0 Å². The molecule has 0 aromatic rings. The molecule has 0 amide bonds. The first-order chi connectivity index (χ1) is 22.3. The Hall–Kier alpha value is -1.21. The van der Waals surface area contributed by atoms with Crippen molar-refractivity contribution in [1.29, 1.82) is 0 Å². The van der Waals surface area contributed by atoms with Crippen molar-refractivity contribution in [2.75, 3.05) is 13.2 Å². The van der Waals surface area contributed by atoms with E-state index >= 15 is 0 Å². The van der Waals surface area contributed by atoms with E-state index in [2.05, 4.69) is 30.5 Å². The van der Waals surface area contributed by atoms with Crippen LogP contribution < -0.4 is 0 Å². The summed E-state index contributed by atoms with van der Waals surface area (Å²) in [6, 6.07) is 0. The second kappa shape index (κ2) is 33.7. The van der Waals surface area contributed by atoms with Gasteiger partial charge in [-0.05, 0) is 38.5 Å². The maximum atomic E-state index is 12.3. The van der Waals surface area contributed by atoms with Gasteiger partial charge in [0.2, 0.25) is 0 Å². The maximum absolute atomic E-state index is 12.3. The largest absolute Gasteiger partial charge is 0.469 e. The van der Waals surface area contributed by atoms with E-state index < -0.39 is 32.5 Å². The number of allylic oxidation sites excluding steroid dienone is 2. The van der Waals surface area contributed by atoms with Gasteiger partial charge in [-0.3, -0.25) is 14.1 Å². The molecular weight excluding hydrogens is 603 g/mol. The van der Waals surface area contributed by atoms with Crippen molar-refractivity contribution in [3.05, 3.63) is 12.2 Å². The molecule has 0 unspecified atom stereocenters. The number of unbranched alkanes of at least 4 members (excludes halogenated alkanes) is 23. The summed E-state index contributed by atoms with van der Waals surface area (Å²) in [5, 5.41) is 0. The first-order valence-corrected chi connectivity index (χ1v) is 20.5. The van der Waals surface area contributed by atoms with Gasteiger partial charge in [-0.15, -0.1) is 0 Å². The van der Waals surface area contributed by atoms with Gasteiger partial charge in [-0.2, -0.15) is 0 Å². The SMILES string of the molecule is CCCCCCC/C=C/CCCCCCCC(=O)O[C@H](COC(=O)CCCCCCCCCCCCCCCC)COP(=O)(O)O. The lowest BCUT2D eigenvalue weighted by Gasteiger charge is -2.18. The summed E-state index contributed by atoms with van der Waals surface area (Å²) in [5.41, 5.74) is 0. The van der Waals surface area contributed by atoms with E-state index in [4.69, 9.17) is 19.3 Å². The Labute approximate surface area is 282 Å². The molecule has 0 saturated heterocycles. The molecule has 0 radical (unpaired) electrons. The van der Waals surface area contributed by atoms with Gasteiger partial charge < -0.3 is 19.3 Å². The van der Waals surface area contributed by atoms with E-state index in [0.717, 1.165) is 51.4 Å². The van der Waals surface area contributed by atoms with Crippen molar-refractivity contribution in [2.24, 2.45) is 0 Å². The molecule has 2 N–H and O–H groups in total. The molecule has 0 aliphatic rings. The van der Waals surface area contributed by atoms with Crippen molar-refractivity contribution in [3.8, 4) is 0 Å². The third kappa shape index (κ3) is 35.6. The molecule has 1 atom stereocenters. The first kappa shape index (κ1) is 44.8. The second-order valence-corrected chi connectivity index (χ2v) is 14.1. The average molecular weight is 675 g/mol. The lowest BCUT2D eigenvalue weighted by molar-refractivity contribution is -0.161. The van der Waals surface area contributed by atoms with Crippen LogP contribution in [0.1, 0.15) is 194 Å². The van der Waals surface area contributed by atoms with Crippen molar-refractivity contribution in [1.82, 2.24) is 0 Å². The van der Waals surface area contributed by atoms with Crippen LogP contribution in [0.5, 0.6) is 0 Å². The van der Waals surface area contributed by atoms with Crippen LogP contribution in [0, 0.1) is 0 Å². The fraction of sp³-hybridized carbons (Fsp3) is 0.892. The molecule has 9 heteroatoms. The number of hydrogen-bond donors (Lipinski definition) is 2. The molecule has 0 aliphatic heterocycles. The smallest absolute Gasteiger partial charge is 0.462 e. The minimum atomic E-state index is -4.74. The number of esters is 2. The predicted octanol–water partition coefficient (Wildman–Crippen LogP) is 11.1. The van der Waals surface area contributed by atoms with Crippen LogP contribution in [0.25, 0.3) is 0 Å². The number of rotatable bonds is 35. The van der Waals surface area contributed by atoms with Crippen LogP contribution in [0.15, 0.2) is 12.2 Å². The summed E-state index contributed by atoms with van der Waals surface area (Å²) >= 11 is 0. The first-order valence-electron chi connectivity index (χ1n) is 19.0. The van der Waals surface area contributed by atoms with E-state index in [-0.39, 0.29) is 19.4 Å². The van der Waals surface area contributed by atoms with E-state index in [9.17, 15) is 14.2 Å². The molecular formula is C37H71O8P. The molecule has 0 aliphatic carbocycles. The summed E-state index contributed by atoms with van der Waals surface area (Å²) in [4.78, 5) is 42.7. The zero-order valence-electron chi connectivity index (χ0n) is 29.7. The highest BCUT2D eigenvalue weighted by molar-refractivity contribution is 7.46. The topological polar surface area (TPSA) is 119 Å². The molecule has 0 spiro atoms. The minimum absolute atomic E-state index is 0.206. The highest BCUT2D eigenvalue weighted by Gasteiger charge is 2.22. The molecule has 0 fully saturated rings. The quantitative estimate of drug-likeness (QED) is 0.0295. The number of phosphoric ester groups is 1. The highest BCUT2D eigenvalue weighted by atomic mass is 31.2. The van der Waals surface area contributed by atoms with Gasteiger partial charge in [-0.1, -0.05) is 154 Å². The van der Waals surface area contributed by atoms with Crippen LogP contribution in [0.3, 0.4) is 0 Å². The summed E-state index contributed by atoms with van der Waals surface area (Å²) < 4.78 is 26.3. The Balaban J connectivity index is 3.95. The van der Waals surface area contributed by atoms with Crippen molar-refractivity contribution in [3.63, 3.8) is 0 Å². The molecule has 0 bridgehead atoms. The number of hydrogen-bond acceptors (Lipinski definition) is 6. The van der Waals surface area contributed by atoms with Crippen molar-refractivity contribution < 1.29 is 37.9 Å². The maximum Gasteiger partial charge on any atom is 0.469 e. The van der Waals surface area contributed by atoms with Gasteiger partial charge >= 0.3 is 19.8 Å². The molecule has 8 nitrogen and oxygen atoms in total. The van der Waals surface area contributed by atoms with E-state index in [1.165, 1.54) is 109 Å². The second-order valence-electron chi connectivity index (χ2n) is 12.9. The summed E-state index contributed by atoms with van der Waals surface area (Å²) in [5.74, 6) is -0.887. The van der Waals surface area contributed by atoms with E-state index in [0.29, 0.717) is 6.42 Å². The van der Waals surface area contributed by atoms with E-state index in [1.54, 1.807) is 0 Å². The van der Waals surface area contributed by atoms with Crippen LogP contribution >= 0.6 is 7.82 Å². The zero-order chi connectivity index (χ0) is 34.0. The van der Waals surface area contributed by atoms with Gasteiger partial charge in [0.1, 0.15) is 6.61 Å². The molecule has 0 aromatic carbocycles. The summed E-state index contributed by atoms with van der Waals surface area (Å²) in [7, 11) is -4.74. The summed E-state index contributed by atoms with van der Waals surface area (Å²) in [6.07, 6.45) is 35.0. The Bertz CT molecular complexity index is 766. The molecule has 0 aromatic heterocycles. The minimum Gasteiger partial charge on any atom is -0.462 e. The van der Waals surface area contributed by atoms with Gasteiger partial charge in [0, 0.05) is 12.8 Å². The van der Waals surface area contributed by atoms with E-state index in [1.807, 2.05) is 0 Å². The highest BCUT2D eigenvalue weighted by Crippen LogP contribution is 2.36. The van der Waals surface area contributed by atoms with Crippen LogP contribution in [-0.4, -0.2) is 41.0 Å². The lowest BCUT2D eigenvalue weighted by Crippen LogP contribution is -2.29. The third-order valence-corrected chi connectivity index (χ3v) is 8.77. The molecule has 0 saturated carbocycles. The van der Waals surface area contributed by atoms with Crippen LogP contribution in [-0.2, 0) is 28.2 Å². The Morgan fingerprint density at radius 3 is 1.33 bits per heavy atom. The number of phosphoric acid groups is 1. The van der Waals surface area contributed by atoms with Crippen molar-refractivity contribution in [2.45, 2.75) is 200 Å². The van der Waals surface area contributed by atoms with Gasteiger partial charge in [-0.25, -0.2) is 4.57 Å². The normalized spacial score (nSPS) is 12.5. The standard InChI is InChI=1S/C37H71O8P/c1-3-5-7-9-11-13-15-17-19-21-23-25-27-29-31-36(38)43-33-35(34-44-46(40,41)42)45-37(39)32-30-28-26-24-22-20-18-16-14-12-10-8-6-4-2/h16,18,35H,3-15,17,19-34H2,1-2H3,(H2,40,41,42)/b18-16+/t35-/m1/s1.